The Hall–Kier alpha value is -4.48. The van der Waals surface area contributed by atoms with Crippen molar-refractivity contribution in [3.63, 3.8) is 0 Å². The van der Waals surface area contributed by atoms with Gasteiger partial charge in [0.2, 0.25) is 17.6 Å². The molecule has 2 aliphatic rings. The second kappa shape index (κ2) is 13.7. The fourth-order valence-corrected chi connectivity index (χ4v) is 4.96. The standard InChI is InChI=1S/C31H39N5O7/c1-31(2,3)43-30(42)35-22-10-7-15-36(29(22)41)24(16-19-11-12-19)27(39)34-23(17-21-13-14-32-26(21)38)25(37)28(40)33-18-20-8-5-4-6-9-20/h4-10,15,19,21,23-24H,11-14,16-18H2,1-3H3,(H,32,38)(H,33,40)(H,34,39)(H,35,42)/t21-,23+,24+/m0/s1. The Bertz CT molecular complexity index is 1410. The molecule has 12 heteroatoms. The third-order valence-electron chi connectivity index (χ3n) is 7.34. The minimum atomic E-state index is -1.28. The van der Waals surface area contributed by atoms with E-state index in [2.05, 4.69) is 21.3 Å². The number of carbonyl (C=O) groups excluding carboxylic acids is 5. The second-order valence-corrected chi connectivity index (χ2v) is 12.1. The van der Waals surface area contributed by atoms with Crippen LogP contribution in [0.3, 0.4) is 0 Å². The molecular formula is C31H39N5O7. The van der Waals surface area contributed by atoms with E-state index in [1.54, 1.807) is 32.9 Å². The Labute approximate surface area is 249 Å². The lowest BCUT2D eigenvalue weighted by molar-refractivity contribution is -0.141. The van der Waals surface area contributed by atoms with Crippen LogP contribution in [0.5, 0.6) is 0 Å². The summed E-state index contributed by atoms with van der Waals surface area (Å²) in [5.41, 5.74) is -0.672. The zero-order valence-corrected chi connectivity index (χ0v) is 24.7. The fraction of sp³-hybridized carbons (Fsp3) is 0.484. The lowest BCUT2D eigenvalue weighted by Crippen LogP contribution is -2.51. The molecule has 12 nitrogen and oxygen atoms in total. The fourth-order valence-electron chi connectivity index (χ4n) is 4.96. The lowest BCUT2D eigenvalue weighted by atomic mass is 9.94. The molecule has 1 saturated heterocycles. The van der Waals surface area contributed by atoms with Gasteiger partial charge in [0.1, 0.15) is 17.3 Å². The molecule has 1 aliphatic carbocycles. The summed E-state index contributed by atoms with van der Waals surface area (Å²) >= 11 is 0. The van der Waals surface area contributed by atoms with Gasteiger partial charge < -0.3 is 25.3 Å². The highest BCUT2D eigenvalue weighted by Crippen LogP contribution is 2.37. The van der Waals surface area contributed by atoms with Crippen LogP contribution >= 0.6 is 0 Å². The van der Waals surface area contributed by atoms with Crippen LogP contribution in [0.4, 0.5) is 10.5 Å². The number of ketones is 1. The molecule has 4 amide bonds. The van der Waals surface area contributed by atoms with Crippen LogP contribution in [0.1, 0.15) is 64.5 Å². The minimum Gasteiger partial charge on any atom is -0.444 e. The smallest absolute Gasteiger partial charge is 0.412 e. The highest BCUT2D eigenvalue weighted by molar-refractivity contribution is 6.38. The molecule has 2 aromatic rings. The van der Waals surface area contributed by atoms with Crippen LogP contribution in [-0.2, 0) is 30.5 Å². The largest absolute Gasteiger partial charge is 0.444 e. The summed E-state index contributed by atoms with van der Waals surface area (Å²) in [4.78, 5) is 78.1. The topological polar surface area (TPSA) is 165 Å². The molecular weight excluding hydrogens is 554 g/mol. The quantitative estimate of drug-likeness (QED) is 0.275. The van der Waals surface area contributed by atoms with Gasteiger partial charge in [-0.15, -0.1) is 0 Å². The van der Waals surface area contributed by atoms with Crippen molar-refractivity contribution in [2.45, 2.75) is 77.1 Å². The van der Waals surface area contributed by atoms with E-state index >= 15 is 0 Å². The van der Waals surface area contributed by atoms with Crippen LogP contribution in [0.25, 0.3) is 0 Å². The molecule has 0 unspecified atom stereocenters. The number of anilines is 1. The molecule has 43 heavy (non-hydrogen) atoms. The zero-order valence-electron chi connectivity index (χ0n) is 24.7. The molecule has 1 aromatic carbocycles. The number of ether oxygens (including phenoxy) is 1. The van der Waals surface area contributed by atoms with Gasteiger partial charge in [-0.25, -0.2) is 4.79 Å². The van der Waals surface area contributed by atoms with Crippen molar-refractivity contribution in [3.05, 3.63) is 64.6 Å². The molecule has 1 aromatic heterocycles. The van der Waals surface area contributed by atoms with Crippen molar-refractivity contribution in [2.75, 3.05) is 11.9 Å². The zero-order chi connectivity index (χ0) is 31.1. The highest BCUT2D eigenvalue weighted by Gasteiger charge is 2.37. The van der Waals surface area contributed by atoms with Gasteiger partial charge in [0.15, 0.2) is 0 Å². The maximum Gasteiger partial charge on any atom is 0.412 e. The average Bonchev–Trinajstić information content (AvgIpc) is 3.69. The molecule has 3 atom stereocenters. The molecule has 0 spiro atoms. The predicted molar refractivity (Wildman–Crippen MR) is 158 cm³/mol. The van der Waals surface area contributed by atoms with E-state index in [0.29, 0.717) is 19.4 Å². The number of benzene rings is 1. The van der Waals surface area contributed by atoms with Crippen molar-refractivity contribution in [3.8, 4) is 0 Å². The van der Waals surface area contributed by atoms with Crippen molar-refractivity contribution in [1.29, 1.82) is 0 Å². The summed E-state index contributed by atoms with van der Waals surface area (Å²) in [7, 11) is 0. The van der Waals surface area contributed by atoms with Gasteiger partial charge in [-0.3, -0.25) is 29.3 Å². The number of hydrogen-bond acceptors (Lipinski definition) is 7. The van der Waals surface area contributed by atoms with E-state index in [9.17, 15) is 28.8 Å². The first-order valence-electron chi connectivity index (χ1n) is 14.6. The number of nitrogens with one attached hydrogen (secondary N) is 4. The SMILES string of the molecule is CC(C)(C)OC(=O)Nc1cccn([C@H](CC2CC2)C(=O)N[C@H](C[C@@H]2CCNC2=O)C(=O)C(=O)NCc2ccccc2)c1=O. The highest BCUT2D eigenvalue weighted by atomic mass is 16.6. The molecule has 0 bridgehead atoms. The van der Waals surface area contributed by atoms with Crippen LogP contribution in [0.2, 0.25) is 0 Å². The normalized spacial score (nSPS) is 17.7. The third-order valence-corrected chi connectivity index (χ3v) is 7.34. The summed E-state index contributed by atoms with van der Waals surface area (Å²) in [5.74, 6) is -2.98. The van der Waals surface area contributed by atoms with E-state index in [0.717, 1.165) is 18.4 Å². The van der Waals surface area contributed by atoms with Crippen LogP contribution in [0.15, 0.2) is 53.5 Å². The van der Waals surface area contributed by atoms with Gasteiger partial charge >= 0.3 is 6.09 Å². The number of carbonyl (C=O) groups is 5. The molecule has 2 fully saturated rings. The number of pyridine rings is 1. The molecule has 2 heterocycles. The van der Waals surface area contributed by atoms with Gasteiger partial charge in [-0.2, -0.15) is 0 Å². The molecule has 4 rings (SSSR count). The van der Waals surface area contributed by atoms with E-state index in [4.69, 9.17) is 4.74 Å². The molecule has 1 aliphatic heterocycles. The second-order valence-electron chi connectivity index (χ2n) is 12.1. The monoisotopic (exact) mass is 593 g/mol. The molecule has 230 valence electrons. The van der Waals surface area contributed by atoms with Gasteiger partial charge in [0.05, 0.1) is 6.04 Å². The molecule has 0 radical (unpaired) electrons. The van der Waals surface area contributed by atoms with E-state index in [-0.39, 0.29) is 30.5 Å². The van der Waals surface area contributed by atoms with Crippen molar-refractivity contribution in [2.24, 2.45) is 11.8 Å². The summed E-state index contributed by atoms with van der Waals surface area (Å²) in [6, 6.07) is 9.72. The van der Waals surface area contributed by atoms with Crippen molar-refractivity contribution < 1.29 is 28.7 Å². The number of amides is 4. The van der Waals surface area contributed by atoms with Gasteiger partial charge in [0, 0.05) is 25.2 Å². The molecule has 4 N–H and O–H groups in total. The third kappa shape index (κ3) is 9.00. The summed E-state index contributed by atoms with van der Waals surface area (Å²) in [6.45, 7) is 5.64. The number of Topliss-reactive ketones (excluding diaryl/α,β-unsaturated/α-hetero) is 1. The maximum atomic E-state index is 13.8. The lowest BCUT2D eigenvalue weighted by Gasteiger charge is -2.25. The van der Waals surface area contributed by atoms with Crippen LogP contribution in [-0.4, -0.2) is 52.4 Å². The number of nitrogens with zero attached hydrogens (tertiary/aromatic N) is 1. The van der Waals surface area contributed by atoms with E-state index < -0.39 is 52.9 Å². The Morgan fingerprint density at radius 1 is 1.00 bits per heavy atom. The Kier molecular flexibility index (Phi) is 9.99. The number of rotatable bonds is 12. The minimum absolute atomic E-state index is 0.0551. The average molecular weight is 594 g/mol. The molecule has 1 saturated carbocycles. The van der Waals surface area contributed by atoms with E-state index in [1.807, 2.05) is 18.2 Å². The van der Waals surface area contributed by atoms with Crippen LogP contribution < -0.4 is 26.8 Å². The first kappa shape index (κ1) is 31.5. The Morgan fingerprint density at radius 3 is 2.35 bits per heavy atom. The van der Waals surface area contributed by atoms with Crippen LogP contribution in [0, 0.1) is 11.8 Å². The Balaban J connectivity index is 1.54. The van der Waals surface area contributed by atoms with Gasteiger partial charge in [-0.1, -0.05) is 43.2 Å². The maximum absolute atomic E-state index is 13.8. The predicted octanol–water partition coefficient (Wildman–Crippen LogP) is 2.43. The van der Waals surface area contributed by atoms with Crippen molar-refractivity contribution in [1.82, 2.24) is 20.5 Å². The summed E-state index contributed by atoms with van der Waals surface area (Å²) < 4.78 is 6.48. The summed E-state index contributed by atoms with van der Waals surface area (Å²) in [5, 5.41) is 10.4. The summed E-state index contributed by atoms with van der Waals surface area (Å²) in [6.07, 6.45) is 3.15. The Morgan fingerprint density at radius 2 is 1.72 bits per heavy atom. The van der Waals surface area contributed by atoms with E-state index in [1.165, 1.54) is 22.9 Å². The first-order chi connectivity index (χ1) is 20.4. The van der Waals surface area contributed by atoms with Gasteiger partial charge in [-0.05, 0) is 63.6 Å². The van der Waals surface area contributed by atoms with Gasteiger partial charge in [0.25, 0.3) is 11.5 Å². The first-order valence-corrected chi connectivity index (χ1v) is 14.6. The van der Waals surface area contributed by atoms with Crippen molar-refractivity contribution >= 4 is 35.3 Å². The number of hydrogen-bond donors (Lipinski definition) is 4. The number of aromatic nitrogens is 1.